The van der Waals surface area contributed by atoms with Crippen LogP contribution in [0.3, 0.4) is 0 Å². The molecule has 100 valence electrons. The van der Waals surface area contributed by atoms with E-state index in [4.69, 9.17) is 7.85 Å². The molecule has 2 aromatic carbocycles. The van der Waals surface area contributed by atoms with Gasteiger partial charge in [-0.05, 0) is 29.1 Å². The highest BCUT2D eigenvalue weighted by atomic mass is 16.1. The topological polar surface area (TPSA) is 42.0 Å². The molecule has 1 aromatic heterocycles. The Morgan fingerprint density at radius 3 is 2.86 bits per heavy atom. The van der Waals surface area contributed by atoms with E-state index < -0.39 is 0 Å². The summed E-state index contributed by atoms with van der Waals surface area (Å²) in [4.78, 5) is 16.2. The molecule has 0 unspecified atom stereocenters. The monoisotopic (exact) mass is 272 g/mol. The van der Waals surface area contributed by atoms with Gasteiger partial charge >= 0.3 is 0 Å². The van der Waals surface area contributed by atoms with E-state index in [0.29, 0.717) is 17.6 Å². The van der Waals surface area contributed by atoms with Crippen molar-refractivity contribution >= 4 is 30.0 Å². The van der Waals surface area contributed by atoms with Gasteiger partial charge in [0.05, 0.1) is 0 Å². The summed E-state index contributed by atoms with van der Waals surface area (Å²) in [5.41, 5.74) is 2.31. The summed E-state index contributed by atoms with van der Waals surface area (Å²) in [6.07, 6.45) is 3.50. The van der Waals surface area contributed by atoms with Crippen molar-refractivity contribution in [1.82, 2.24) is 10.3 Å². The Kier molecular flexibility index (Phi) is 3.69. The minimum atomic E-state index is -0.101. The van der Waals surface area contributed by atoms with Crippen LogP contribution in [0.25, 0.3) is 10.8 Å². The molecule has 2 radical (unpaired) electrons. The van der Waals surface area contributed by atoms with Crippen LogP contribution in [0.15, 0.2) is 60.9 Å². The zero-order chi connectivity index (χ0) is 14.7. The summed E-state index contributed by atoms with van der Waals surface area (Å²) in [6, 6.07) is 14.9. The maximum absolute atomic E-state index is 12.2. The molecule has 0 bridgehead atoms. The first-order valence-corrected chi connectivity index (χ1v) is 6.69. The number of hydrogen-bond acceptors (Lipinski definition) is 2. The lowest BCUT2D eigenvalue weighted by Gasteiger charge is -2.07. The largest absolute Gasteiger partial charge is 0.348 e. The number of rotatable bonds is 3. The van der Waals surface area contributed by atoms with Gasteiger partial charge in [0.1, 0.15) is 7.85 Å². The molecule has 0 spiro atoms. The number of aromatic nitrogens is 1. The summed E-state index contributed by atoms with van der Waals surface area (Å²) >= 11 is 0. The van der Waals surface area contributed by atoms with Gasteiger partial charge in [-0.2, -0.15) is 0 Å². The standard InChI is InChI=1S/C17H13BN2O/c18-16-3-1-2-12(8-16)10-20-17(21)14-4-5-15-11-19-7-6-13(15)9-14/h1-9,11H,10H2,(H,20,21). The van der Waals surface area contributed by atoms with Gasteiger partial charge in [0.2, 0.25) is 0 Å². The number of nitrogens with zero attached hydrogens (tertiary/aromatic N) is 1. The quantitative estimate of drug-likeness (QED) is 0.740. The lowest BCUT2D eigenvalue weighted by atomic mass is 9.94. The Labute approximate surface area is 124 Å². The Hall–Kier alpha value is -2.62. The third-order valence-electron chi connectivity index (χ3n) is 3.31. The highest BCUT2D eigenvalue weighted by Crippen LogP contribution is 2.14. The molecule has 21 heavy (non-hydrogen) atoms. The summed E-state index contributed by atoms with van der Waals surface area (Å²) < 4.78 is 0. The van der Waals surface area contributed by atoms with E-state index >= 15 is 0 Å². The van der Waals surface area contributed by atoms with Crippen LogP contribution in [0.1, 0.15) is 15.9 Å². The van der Waals surface area contributed by atoms with E-state index in [1.54, 1.807) is 18.5 Å². The molecule has 4 heteroatoms. The van der Waals surface area contributed by atoms with Gasteiger partial charge < -0.3 is 5.32 Å². The van der Waals surface area contributed by atoms with E-state index in [1.807, 2.05) is 42.5 Å². The number of benzene rings is 2. The molecule has 1 N–H and O–H groups in total. The second kappa shape index (κ2) is 5.79. The predicted molar refractivity (Wildman–Crippen MR) is 84.7 cm³/mol. The van der Waals surface area contributed by atoms with Crippen molar-refractivity contribution in [3.63, 3.8) is 0 Å². The molecule has 1 heterocycles. The Morgan fingerprint density at radius 2 is 2.00 bits per heavy atom. The Balaban J connectivity index is 1.74. The van der Waals surface area contributed by atoms with Crippen LogP contribution in [0, 0.1) is 0 Å². The smallest absolute Gasteiger partial charge is 0.251 e. The maximum Gasteiger partial charge on any atom is 0.251 e. The molecule has 3 nitrogen and oxygen atoms in total. The zero-order valence-corrected chi connectivity index (χ0v) is 11.4. The molecule has 1 amide bonds. The van der Waals surface area contributed by atoms with E-state index in [1.165, 1.54) is 0 Å². The number of amides is 1. The number of fused-ring (bicyclic) bond motifs is 1. The molecular weight excluding hydrogens is 259 g/mol. The van der Waals surface area contributed by atoms with Crippen molar-refractivity contribution in [2.75, 3.05) is 0 Å². The molecule has 0 atom stereocenters. The third-order valence-corrected chi connectivity index (χ3v) is 3.31. The fourth-order valence-electron chi connectivity index (χ4n) is 2.21. The molecule has 0 saturated heterocycles. The minimum Gasteiger partial charge on any atom is -0.348 e. The Bertz CT molecular complexity index is 801. The van der Waals surface area contributed by atoms with Crippen LogP contribution in [-0.2, 0) is 6.54 Å². The maximum atomic E-state index is 12.2. The van der Waals surface area contributed by atoms with E-state index in [2.05, 4.69) is 10.3 Å². The van der Waals surface area contributed by atoms with Crippen LogP contribution in [-0.4, -0.2) is 18.7 Å². The van der Waals surface area contributed by atoms with Crippen LogP contribution >= 0.6 is 0 Å². The van der Waals surface area contributed by atoms with Crippen LogP contribution < -0.4 is 10.8 Å². The molecule has 0 aliphatic carbocycles. The first kappa shape index (κ1) is 13.4. The van der Waals surface area contributed by atoms with Gasteiger partial charge in [0.15, 0.2) is 0 Å². The fourth-order valence-corrected chi connectivity index (χ4v) is 2.21. The van der Waals surface area contributed by atoms with Gasteiger partial charge in [0.25, 0.3) is 5.91 Å². The van der Waals surface area contributed by atoms with Crippen molar-refractivity contribution in [3.8, 4) is 0 Å². The fraction of sp³-hybridized carbons (Fsp3) is 0.0588. The number of carbonyl (C=O) groups excluding carboxylic acids is 1. The first-order chi connectivity index (χ1) is 10.2. The normalized spacial score (nSPS) is 10.5. The predicted octanol–water partition coefficient (Wildman–Crippen LogP) is 1.96. The number of pyridine rings is 1. The summed E-state index contributed by atoms with van der Waals surface area (Å²) in [5, 5.41) is 4.92. The average molecular weight is 272 g/mol. The first-order valence-electron chi connectivity index (χ1n) is 6.69. The molecule has 0 saturated carbocycles. The Morgan fingerprint density at radius 1 is 1.10 bits per heavy atom. The van der Waals surface area contributed by atoms with E-state index in [0.717, 1.165) is 16.3 Å². The molecule has 0 aliphatic heterocycles. The number of carbonyl (C=O) groups is 1. The summed E-state index contributed by atoms with van der Waals surface area (Å²) in [5.74, 6) is -0.101. The van der Waals surface area contributed by atoms with Gasteiger partial charge in [-0.15, -0.1) is 0 Å². The number of nitrogens with one attached hydrogen (secondary N) is 1. The van der Waals surface area contributed by atoms with Crippen molar-refractivity contribution in [3.05, 3.63) is 72.1 Å². The molecular formula is C17H13BN2O. The van der Waals surface area contributed by atoms with Gasteiger partial charge in [0, 0.05) is 29.9 Å². The van der Waals surface area contributed by atoms with E-state index in [9.17, 15) is 4.79 Å². The van der Waals surface area contributed by atoms with Gasteiger partial charge in [-0.3, -0.25) is 9.78 Å². The second-order valence-corrected chi connectivity index (χ2v) is 4.87. The van der Waals surface area contributed by atoms with Crippen molar-refractivity contribution < 1.29 is 4.79 Å². The van der Waals surface area contributed by atoms with Crippen LogP contribution in [0.2, 0.25) is 0 Å². The van der Waals surface area contributed by atoms with E-state index in [-0.39, 0.29) is 5.91 Å². The third kappa shape index (κ3) is 3.11. The molecule has 0 aliphatic rings. The molecule has 3 aromatic rings. The molecule has 0 fully saturated rings. The highest BCUT2D eigenvalue weighted by Gasteiger charge is 2.06. The second-order valence-electron chi connectivity index (χ2n) is 4.87. The lowest BCUT2D eigenvalue weighted by molar-refractivity contribution is 0.0951. The zero-order valence-electron chi connectivity index (χ0n) is 11.4. The number of hydrogen-bond donors (Lipinski definition) is 1. The van der Waals surface area contributed by atoms with Crippen LogP contribution in [0.5, 0.6) is 0 Å². The lowest BCUT2D eigenvalue weighted by Crippen LogP contribution is -2.23. The van der Waals surface area contributed by atoms with Crippen molar-refractivity contribution in [1.29, 1.82) is 0 Å². The summed E-state index contributed by atoms with van der Waals surface area (Å²) in [6.45, 7) is 0.457. The SMILES string of the molecule is [B]c1cccc(CNC(=O)c2ccc3cnccc3c2)c1. The van der Waals surface area contributed by atoms with Crippen molar-refractivity contribution in [2.45, 2.75) is 6.54 Å². The summed E-state index contributed by atoms with van der Waals surface area (Å²) in [7, 11) is 5.72. The van der Waals surface area contributed by atoms with Gasteiger partial charge in [-0.1, -0.05) is 35.8 Å². The highest BCUT2D eigenvalue weighted by molar-refractivity contribution is 6.32. The van der Waals surface area contributed by atoms with Gasteiger partial charge in [-0.25, -0.2) is 0 Å². The van der Waals surface area contributed by atoms with Crippen molar-refractivity contribution in [2.24, 2.45) is 0 Å². The average Bonchev–Trinajstić information content (AvgIpc) is 2.52. The minimum absolute atomic E-state index is 0.101. The molecule has 3 rings (SSSR count). The van der Waals surface area contributed by atoms with Crippen LogP contribution in [0.4, 0.5) is 0 Å².